The van der Waals surface area contributed by atoms with Gasteiger partial charge in [-0.3, -0.25) is 9.59 Å². The van der Waals surface area contributed by atoms with E-state index < -0.39 is 5.91 Å². The van der Waals surface area contributed by atoms with Gasteiger partial charge in [0.25, 0.3) is 5.91 Å². The molecule has 0 aliphatic heterocycles. The molecule has 0 unspecified atom stereocenters. The lowest BCUT2D eigenvalue weighted by molar-refractivity contribution is -0.114. The van der Waals surface area contributed by atoms with Crippen LogP contribution in [-0.2, 0) is 4.79 Å². The zero-order chi connectivity index (χ0) is 25.8. The first kappa shape index (κ1) is 24.0. The molecule has 1 aromatic heterocycles. The molecular weight excluding hydrogens is 464 g/mol. The minimum atomic E-state index is -0.599. The number of para-hydroxylation sites is 1. The third-order valence-electron chi connectivity index (χ3n) is 6.22. The average Bonchev–Trinajstić information content (AvgIpc) is 3.73. The smallest absolute Gasteiger partial charge is 0.254 e. The average molecular weight is 493 g/mol. The van der Waals surface area contributed by atoms with Crippen molar-refractivity contribution in [3.63, 3.8) is 0 Å². The molecule has 8 nitrogen and oxygen atoms in total. The summed E-state index contributed by atoms with van der Waals surface area (Å²) in [6, 6.07) is 27.4. The summed E-state index contributed by atoms with van der Waals surface area (Å²) in [5, 5.41) is 5.97. The van der Waals surface area contributed by atoms with Crippen molar-refractivity contribution in [3.8, 4) is 0 Å². The summed E-state index contributed by atoms with van der Waals surface area (Å²) >= 11 is 0. The van der Waals surface area contributed by atoms with E-state index in [1.54, 1.807) is 12.1 Å². The van der Waals surface area contributed by atoms with Crippen LogP contribution in [0.1, 0.15) is 41.7 Å². The van der Waals surface area contributed by atoms with Gasteiger partial charge < -0.3 is 21.3 Å². The van der Waals surface area contributed by atoms with Crippen LogP contribution in [-0.4, -0.2) is 21.8 Å². The fourth-order valence-electron chi connectivity index (χ4n) is 4.50. The minimum absolute atomic E-state index is 0.0347. The number of hydrogen-bond acceptors (Lipinski definition) is 6. The van der Waals surface area contributed by atoms with Crippen LogP contribution in [0.4, 0.5) is 28.8 Å². The second-order valence-electron chi connectivity index (χ2n) is 9.08. The molecule has 1 aliphatic rings. The highest BCUT2D eigenvalue weighted by Gasteiger charge is 2.39. The van der Waals surface area contributed by atoms with Crippen molar-refractivity contribution in [2.45, 2.75) is 25.8 Å². The van der Waals surface area contributed by atoms with Gasteiger partial charge in [-0.25, -0.2) is 4.98 Å². The van der Waals surface area contributed by atoms with Crippen LogP contribution in [0.3, 0.4) is 0 Å². The molecule has 1 atom stereocenters. The summed E-state index contributed by atoms with van der Waals surface area (Å²) < 4.78 is 0. The summed E-state index contributed by atoms with van der Waals surface area (Å²) in [4.78, 5) is 35.4. The highest BCUT2D eigenvalue weighted by atomic mass is 16.1. The number of amides is 2. The number of nitrogens with one attached hydrogen (secondary N) is 2. The van der Waals surface area contributed by atoms with E-state index in [9.17, 15) is 9.59 Å². The van der Waals surface area contributed by atoms with Gasteiger partial charge in [0.1, 0.15) is 5.56 Å². The largest absolute Gasteiger partial charge is 0.365 e. The Morgan fingerprint density at radius 2 is 1.62 bits per heavy atom. The van der Waals surface area contributed by atoms with E-state index in [1.807, 2.05) is 60.7 Å². The van der Waals surface area contributed by atoms with E-state index in [2.05, 4.69) is 32.7 Å². The van der Waals surface area contributed by atoms with Crippen LogP contribution in [0.15, 0.2) is 91.1 Å². The van der Waals surface area contributed by atoms with E-state index >= 15 is 0 Å². The summed E-state index contributed by atoms with van der Waals surface area (Å²) in [5.41, 5.74) is 9.45. The van der Waals surface area contributed by atoms with Crippen LogP contribution in [0.2, 0.25) is 0 Å². The lowest BCUT2D eigenvalue weighted by Gasteiger charge is -2.34. The Hall–Kier alpha value is -4.72. The van der Waals surface area contributed by atoms with Gasteiger partial charge in [-0.2, -0.15) is 4.98 Å². The summed E-state index contributed by atoms with van der Waals surface area (Å²) in [6.07, 6.45) is 3.64. The molecule has 8 heteroatoms. The van der Waals surface area contributed by atoms with Gasteiger partial charge in [-0.15, -0.1) is 0 Å². The number of anilines is 5. The van der Waals surface area contributed by atoms with E-state index in [1.165, 1.54) is 13.1 Å². The molecule has 1 aliphatic carbocycles. The molecule has 4 aromatic rings. The molecule has 0 radical (unpaired) electrons. The molecule has 5 rings (SSSR count). The Balaban J connectivity index is 1.61. The quantitative estimate of drug-likeness (QED) is 0.282. The summed E-state index contributed by atoms with van der Waals surface area (Å²) in [7, 11) is 0. The molecule has 0 bridgehead atoms. The Morgan fingerprint density at radius 3 is 2.27 bits per heavy atom. The van der Waals surface area contributed by atoms with E-state index in [-0.39, 0.29) is 17.5 Å². The molecule has 37 heavy (non-hydrogen) atoms. The van der Waals surface area contributed by atoms with Gasteiger partial charge in [0.15, 0.2) is 5.82 Å². The summed E-state index contributed by atoms with van der Waals surface area (Å²) in [6.45, 7) is 1.46. The Morgan fingerprint density at radius 1 is 0.946 bits per heavy atom. The van der Waals surface area contributed by atoms with Crippen molar-refractivity contribution in [3.05, 3.63) is 102 Å². The second-order valence-corrected chi connectivity index (χ2v) is 9.08. The number of nitrogens with two attached hydrogens (primary N) is 1. The monoisotopic (exact) mass is 492 g/mol. The predicted molar refractivity (Wildman–Crippen MR) is 145 cm³/mol. The predicted octanol–water partition coefficient (Wildman–Crippen LogP) is 5.57. The highest BCUT2D eigenvalue weighted by molar-refractivity contribution is 5.98. The Kier molecular flexibility index (Phi) is 6.81. The van der Waals surface area contributed by atoms with E-state index in [0.29, 0.717) is 29.1 Å². The number of rotatable bonds is 9. The lowest BCUT2D eigenvalue weighted by atomic mass is 9.99. The van der Waals surface area contributed by atoms with Crippen molar-refractivity contribution in [2.24, 2.45) is 11.7 Å². The number of benzene rings is 3. The molecule has 1 fully saturated rings. The third-order valence-corrected chi connectivity index (χ3v) is 6.22. The standard InChI is InChI=1S/C29H28N6O2/c1-19(36)32-22-11-8-12-23(17-22)33-29-31-18-25(27(30)37)28(34-29)35(24-13-6-3-7-14-24)26(21-15-16-21)20-9-4-2-5-10-20/h2-14,17-18,21,26H,15-16H2,1H3,(H2,30,37)(H,32,36)(H,31,33,34)/t26-/m0/s1. The van der Waals surface area contributed by atoms with Gasteiger partial charge >= 0.3 is 0 Å². The van der Waals surface area contributed by atoms with Gasteiger partial charge in [0.2, 0.25) is 11.9 Å². The van der Waals surface area contributed by atoms with Crippen molar-refractivity contribution >= 4 is 40.6 Å². The fraction of sp³-hybridized carbons (Fsp3) is 0.172. The van der Waals surface area contributed by atoms with Crippen molar-refractivity contribution in [1.82, 2.24) is 9.97 Å². The fourth-order valence-corrected chi connectivity index (χ4v) is 4.50. The van der Waals surface area contributed by atoms with Crippen LogP contribution >= 0.6 is 0 Å². The number of carbonyl (C=O) groups is 2. The van der Waals surface area contributed by atoms with E-state index in [4.69, 9.17) is 10.7 Å². The van der Waals surface area contributed by atoms with E-state index in [0.717, 1.165) is 24.1 Å². The first-order valence-corrected chi connectivity index (χ1v) is 12.2. The zero-order valence-corrected chi connectivity index (χ0v) is 20.5. The van der Waals surface area contributed by atoms with Crippen molar-refractivity contribution in [2.75, 3.05) is 15.5 Å². The Bertz CT molecular complexity index is 1410. The Labute approximate surface area is 215 Å². The molecule has 3 aromatic carbocycles. The molecular formula is C29H28N6O2. The SMILES string of the molecule is CC(=O)Nc1cccc(Nc2ncc(C(N)=O)c(N(c3ccccc3)[C@@H](c3ccccc3)C3CC3)n2)c1. The molecule has 0 saturated heterocycles. The zero-order valence-electron chi connectivity index (χ0n) is 20.5. The number of aromatic nitrogens is 2. The van der Waals surface area contributed by atoms with Gasteiger partial charge in [0.05, 0.1) is 6.04 Å². The topological polar surface area (TPSA) is 113 Å². The molecule has 1 heterocycles. The lowest BCUT2D eigenvalue weighted by Crippen LogP contribution is -2.29. The molecule has 1 saturated carbocycles. The maximum absolute atomic E-state index is 12.6. The maximum atomic E-state index is 12.6. The number of nitrogens with zero attached hydrogens (tertiary/aromatic N) is 3. The van der Waals surface area contributed by atoms with Crippen LogP contribution in [0, 0.1) is 5.92 Å². The molecule has 2 amide bonds. The molecule has 0 spiro atoms. The van der Waals surface area contributed by atoms with Crippen LogP contribution in [0.25, 0.3) is 0 Å². The molecule has 186 valence electrons. The number of hydrogen-bond donors (Lipinski definition) is 3. The highest BCUT2D eigenvalue weighted by Crippen LogP contribution is 2.49. The van der Waals surface area contributed by atoms with Crippen molar-refractivity contribution in [1.29, 1.82) is 0 Å². The first-order chi connectivity index (χ1) is 18.0. The third kappa shape index (κ3) is 5.59. The molecule has 4 N–H and O–H groups in total. The van der Waals surface area contributed by atoms with Crippen molar-refractivity contribution < 1.29 is 9.59 Å². The summed E-state index contributed by atoms with van der Waals surface area (Å²) in [5.74, 6) is 0.396. The number of primary amides is 1. The second kappa shape index (κ2) is 10.5. The maximum Gasteiger partial charge on any atom is 0.254 e. The first-order valence-electron chi connectivity index (χ1n) is 12.2. The van der Waals surface area contributed by atoms with Gasteiger partial charge in [-0.1, -0.05) is 54.6 Å². The normalized spacial score (nSPS) is 13.4. The minimum Gasteiger partial charge on any atom is -0.365 e. The van der Waals surface area contributed by atoms with Gasteiger partial charge in [-0.05, 0) is 54.7 Å². The van der Waals surface area contributed by atoms with Crippen LogP contribution in [0.5, 0.6) is 0 Å². The number of carbonyl (C=O) groups excluding carboxylic acids is 2. The van der Waals surface area contributed by atoms with Gasteiger partial charge in [0, 0.05) is 30.2 Å². The van der Waals surface area contributed by atoms with Crippen LogP contribution < -0.4 is 21.3 Å².